The number of methoxy groups -OCH3 is 4. The fraction of sp³-hybridized carbons (Fsp3) is 0.179. The van der Waals surface area contributed by atoms with Crippen LogP contribution >= 0.6 is 11.8 Å². The van der Waals surface area contributed by atoms with Gasteiger partial charge in [-0.25, -0.2) is 9.97 Å². The molecule has 2 aromatic heterocycles. The highest BCUT2D eigenvalue weighted by Crippen LogP contribution is 2.35. The van der Waals surface area contributed by atoms with Gasteiger partial charge in [0, 0.05) is 17.2 Å². The van der Waals surface area contributed by atoms with Crippen LogP contribution in [-0.2, 0) is 5.75 Å². The second kappa shape index (κ2) is 10.9. The normalized spacial score (nSPS) is 10.9. The molecule has 0 aliphatic rings. The van der Waals surface area contributed by atoms with Crippen molar-refractivity contribution in [1.29, 1.82) is 0 Å². The molecule has 0 radical (unpaired) electrons. The molecule has 3 aromatic carbocycles. The molecule has 0 fully saturated rings. The van der Waals surface area contributed by atoms with E-state index >= 15 is 0 Å². The molecule has 0 aliphatic carbocycles. The molecule has 0 saturated heterocycles. The van der Waals surface area contributed by atoms with E-state index < -0.39 is 0 Å². The number of H-pyrrole nitrogens is 2. The molecule has 5 rings (SSSR count). The largest absolute Gasteiger partial charge is 0.497 e. The summed E-state index contributed by atoms with van der Waals surface area (Å²) in [4.78, 5) is 28.6. The first-order valence-corrected chi connectivity index (χ1v) is 12.7. The highest BCUT2D eigenvalue weighted by Gasteiger charge is 2.16. The summed E-state index contributed by atoms with van der Waals surface area (Å²) in [6, 6.07) is 18.9. The van der Waals surface area contributed by atoms with Crippen molar-refractivity contribution < 1.29 is 18.9 Å². The Morgan fingerprint density at radius 3 is 1.95 bits per heavy atom. The second-order valence-electron chi connectivity index (χ2n) is 8.25. The number of rotatable bonds is 9. The molecule has 0 aliphatic heterocycles. The van der Waals surface area contributed by atoms with E-state index in [1.165, 1.54) is 18.9 Å². The number of benzene rings is 3. The molecule has 5 aromatic rings. The van der Waals surface area contributed by atoms with Gasteiger partial charge in [0.05, 0.1) is 56.5 Å². The number of hydrogen-bond acceptors (Lipinski definition) is 8. The van der Waals surface area contributed by atoms with Gasteiger partial charge in [-0.1, -0.05) is 11.8 Å². The van der Waals surface area contributed by atoms with E-state index in [1.54, 1.807) is 33.5 Å². The van der Waals surface area contributed by atoms with Gasteiger partial charge < -0.3 is 28.9 Å². The van der Waals surface area contributed by atoms with Crippen LogP contribution in [0.2, 0.25) is 0 Å². The lowest BCUT2D eigenvalue weighted by atomic mass is 10.0. The summed E-state index contributed by atoms with van der Waals surface area (Å²) >= 11 is 1.44. The zero-order valence-electron chi connectivity index (χ0n) is 21.3. The third-order valence-corrected chi connectivity index (χ3v) is 6.91. The summed E-state index contributed by atoms with van der Waals surface area (Å²) in [6.45, 7) is 0. The fourth-order valence-corrected chi connectivity index (χ4v) is 4.80. The highest BCUT2D eigenvalue weighted by atomic mass is 32.2. The van der Waals surface area contributed by atoms with Gasteiger partial charge in [0.1, 0.15) is 17.3 Å². The second-order valence-corrected chi connectivity index (χ2v) is 9.21. The number of nitrogens with one attached hydrogen (secondary N) is 2. The number of nitrogens with zero attached hydrogens (tertiary/aromatic N) is 2. The van der Waals surface area contributed by atoms with Crippen molar-refractivity contribution in [3.63, 3.8) is 0 Å². The third kappa shape index (κ3) is 5.03. The lowest BCUT2D eigenvalue weighted by Gasteiger charge is -2.09. The SMILES string of the molecule is COc1ccc(-c2nc(SCc3nc4cc(OC)c(OC)cc4c(=O)[nH]3)[nH]c2-c2ccc(OC)cc2)cc1. The molecule has 38 heavy (non-hydrogen) atoms. The molecule has 2 N–H and O–H groups in total. The molecule has 0 spiro atoms. The Balaban J connectivity index is 1.48. The summed E-state index contributed by atoms with van der Waals surface area (Å²) < 4.78 is 21.3. The summed E-state index contributed by atoms with van der Waals surface area (Å²) in [5, 5.41) is 1.12. The number of fused-ring (bicyclic) bond motifs is 1. The zero-order chi connectivity index (χ0) is 26.6. The minimum Gasteiger partial charge on any atom is -0.497 e. The number of aromatic amines is 2. The molecule has 10 heteroatoms. The van der Waals surface area contributed by atoms with Crippen molar-refractivity contribution in [2.24, 2.45) is 0 Å². The maximum absolute atomic E-state index is 12.8. The zero-order valence-corrected chi connectivity index (χ0v) is 22.1. The maximum atomic E-state index is 12.8. The van der Waals surface area contributed by atoms with Crippen LogP contribution in [0.3, 0.4) is 0 Å². The molecule has 0 bridgehead atoms. The Morgan fingerprint density at radius 1 is 0.737 bits per heavy atom. The van der Waals surface area contributed by atoms with Crippen LogP contribution in [0, 0.1) is 0 Å². The number of hydrogen-bond donors (Lipinski definition) is 2. The monoisotopic (exact) mass is 530 g/mol. The van der Waals surface area contributed by atoms with E-state index in [0.29, 0.717) is 39.1 Å². The Labute approximate surface area is 223 Å². The average molecular weight is 531 g/mol. The predicted octanol–water partition coefficient (Wildman–Crippen LogP) is 5.31. The van der Waals surface area contributed by atoms with Gasteiger partial charge in [-0.3, -0.25) is 4.79 Å². The minimum atomic E-state index is -0.246. The topological polar surface area (TPSA) is 111 Å². The molecule has 0 unspecified atom stereocenters. The van der Waals surface area contributed by atoms with Crippen LogP contribution in [0.1, 0.15) is 5.82 Å². The van der Waals surface area contributed by atoms with Crippen molar-refractivity contribution in [1.82, 2.24) is 19.9 Å². The number of ether oxygens (including phenoxy) is 4. The standard InChI is InChI=1S/C28H26N4O5S/c1-34-18-9-5-16(6-10-18)25-26(17-7-11-19(35-2)12-8-17)32-28(31-25)38-15-24-29-21-14-23(37-4)22(36-3)13-20(21)27(33)30-24/h5-14H,15H2,1-4H3,(H,31,32)(H,29,30,33). The van der Waals surface area contributed by atoms with Gasteiger partial charge in [0.15, 0.2) is 16.7 Å². The smallest absolute Gasteiger partial charge is 0.258 e. The minimum absolute atomic E-state index is 0.246. The molecule has 2 heterocycles. The molecular weight excluding hydrogens is 504 g/mol. The van der Waals surface area contributed by atoms with Gasteiger partial charge in [-0.05, 0) is 54.6 Å². The first kappa shape index (κ1) is 25.2. The molecular formula is C28H26N4O5S. The van der Waals surface area contributed by atoms with Gasteiger partial charge in [0.2, 0.25) is 0 Å². The van der Waals surface area contributed by atoms with E-state index in [-0.39, 0.29) is 5.56 Å². The molecule has 0 saturated carbocycles. The van der Waals surface area contributed by atoms with Crippen LogP contribution in [0.25, 0.3) is 33.4 Å². The van der Waals surface area contributed by atoms with Crippen molar-refractivity contribution >= 4 is 22.7 Å². The first-order chi connectivity index (χ1) is 18.5. The summed E-state index contributed by atoms with van der Waals surface area (Å²) in [6.07, 6.45) is 0. The molecule has 9 nitrogen and oxygen atoms in total. The predicted molar refractivity (Wildman–Crippen MR) is 148 cm³/mol. The van der Waals surface area contributed by atoms with Crippen LogP contribution in [0.4, 0.5) is 0 Å². The Bertz CT molecular complexity index is 1560. The first-order valence-electron chi connectivity index (χ1n) is 11.7. The van der Waals surface area contributed by atoms with E-state index in [0.717, 1.165) is 34.0 Å². The van der Waals surface area contributed by atoms with Gasteiger partial charge in [-0.15, -0.1) is 0 Å². The summed E-state index contributed by atoms with van der Waals surface area (Å²) in [5.41, 5.74) is 3.87. The van der Waals surface area contributed by atoms with Crippen molar-refractivity contribution in [3.8, 4) is 45.5 Å². The van der Waals surface area contributed by atoms with Crippen molar-refractivity contribution in [3.05, 3.63) is 76.8 Å². The number of imidazole rings is 1. The molecule has 194 valence electrons. The Kier molecular flexibility index (Phi) is 7.23. The van der Waals surface area contributed by atoms with Crippen LogP contribution < -0.4 is 24.5 Å². The van der Waals surface area contributed by atoms with Gasteiger partial charge in [-0.2, -0.15) is 0 Å². The van der Waals surface area contributed by atoms with Crippen molar-refractivity contribution in [2.75, 3.05) is 28.4 Å². The summed E-state index contributed by atoms with van der Waals surface area (Å²) in [5.74, 6) is 3.45. The van der Waals surface area contributed by atoms with E-state index in [4.69, 9.17) is 23.9 Å². The van der Waals surface area contributed by atoms with Crippen molar-refractivity contribution in [2.45, 2.75) is 10.9 Å². The number of aromatic nitrogens is 4. The van der Waals surface area contributed by atoms with Crippen LogP contribution in [0.15, 0.2) is 70.6 Å². The third-order valence-electron chi connectivity index (χ3n) is 6.03. The fourth-order valence-electron chi connectivity index (χ4n) is 4.06. The lowest BCUT2D eigenvalue weighted by Crippen LogP contribution is -2.11. The lowest BCUT2D eigenvalue weighted by molar-refractivity contribution is 0.355. The van der Waals surface area contributed by atoms with Gasteiger partial charge in [0.25, 0.3) is 5.56 Å². The molecule has 0 atom stereocenters. The number of thioether (sulfide) groups is 1. The summed E-state index contributed by atoms with van der Waals surface area (Å²) in [7, 11) is 6.35. The Morgan fingerprint density at radius 2 is 1.34 bits per heavy atom. The van der Waals surface area contributed by atoms with E-state index in [9.17, 15) is 4.79 Å². The van der Waals surface area contributed by atoms with E-state index in [2.05, 4.69) is 15.0 Å². The Hall–Kier alpha value is -4.44. The molecule has 0 amide bonds. The average Bonchev–Trinajstić information content (AvgIpc) is 3.39. The quantitative estimate of drug-likeness (QED) is 0.247. The van der Waals surface area contributed by atoms with Crippen LogP contribution in [-0.4, -0.2) is 48.4 Å². The maximum Gasteiger partial charge on any atom is 0.258 e. The highest BCUT2D eigenvalue weighted by molar-refractivity contribution is 7.98. The van der Waals surface area contributed by atoms with Crippen LogP contribution in [0.5, 0.6) is 23.0 Å². The van der Waals surface area contributed by atoms with E-state index in [1.807, 2.05) is 48.5 Å². The van der Waals surface area contributed by atoms with Gasteiger partial charge >= 0.3 is 0 Å².